The molecule has 18 heavy (non-hydrogen) atoms. The summed E-state index contributed by atoms with van der Waals surface area (Å²) in [5.41, 5.74) is 1.17. The van der Waals surface area contributed by atoms with Gasteiger partial charge in [-0.2, -0.15) is 4.39 Å². The molecule has 0 aliphatic carbocycles. The Labute approximate surface area is 103 Å². The van der Waals surface area contributed by atoms with Crippen LogP contribution >= 0.6 is 0 Å². The second kappa shape index (κ2) is 5.00. The van der Waals surface area contributed by atoms with Crippen LogP contribution in [0.1, 0.15) is 18.5 Å². The number of phenolic OH excluding ortho intramolecular Hbond substituents is 1. The number of halogens is 2. The predicted molar refractivity (Wildman–Crippen MR) is 64.3 cm³/mol. The average Bonchev–Trinajstić information content (AvgIpc) is 2.32. The zero-order valence-corrected chi connectivity index (χ0v) is 9.69. The van der Waals surface area contributed by atoms with Crippen LogP contribution < -0.4 is 5.32 Å². The Bertz CT molecular complexity index is 543. The molecule has 0 bridgehead atoms. The van der Waals surface area contributed by atoms with Gasteiger partial charge in [-0.05, 0) is 25.1 Å². The number of phenols is 1. The largest absolute Gasteiger partial charge is 0.507 e. The number of pyridine rings is 1. The van der Waals surface area contributed by atoms with Crippen LogP contribution in [0.25, 0.3) is 0 Å². The third kappa shape index (κ3) is 2.74. The lowest BCUT2D eigenvalue weighted by Gasteiger charge is -2.16. The van der Waals surface area contributed by atoms with Crippen molar-refractivity contribution in [1.29, 1.82) is 0 Å². The van der Waals surface area contributed by atoms with E-state index in [-0.39, 0.29) is 11.8 Å². The highest BCUT2D eigenvalue weighted by Gasteiger charge is 2.11. The Hall–Kier alpha value is -2.17. The van der Waals surface area contributed by atoms with Gasteiger partial charge in [-0.25, -0.2) is 9.37 Å². The Balaban J connectivity index is 2.16. The SMILES string of the molecule is CC(Nc1ccc(F)nc1)c1ccc(F)cc1O. The van der Waals surface area contributed by atoms with E-state index >= 15 is 0 Å². The Morgan fingerprint density at radius 1 is 1.22 bits per heavy atom. The van der Waals surface area contributed by atoms with Crippen molar-refractivity contribution in [3.8, 4) is 5.75 Å². The molecular formula is C13H12F2N2O. The fourth-order valence-corrected chi connectivity index (χ4v) is 1.67. The molecule has 5 heteroatoms. The highest BCUT2D eigenvalue weighted by Crippen LogP contribution is 2.27. The number of aromatic hydroxyl groups is 1. The van der Waals surface area contributed by atoms with Crippen molar-refractivity contribution < 1.29 is 13.9 Å². The zero-order chi connectivity index (χ0) is 13.1. The molecular weight excluding hydrogens is 238 g/mol. The molecule has 1 aromatic carbocycles. The topological polar surface area (TPSA) is 45.2 Å². The van der Waals surface area contributed by atoms with E-state index in [9.17, 15) is 13.9 Å². The maximum Gasteiger partial charge on any atom is 0.212 e. The molecule has 94 valence electrons. The first-order valence-corrected chi connectivity index (χ1v) is 5.43. The molecule has 1 aromatic heterocycles. The first-order chi connectivity index (χ1) is 8.56. The lowest BCUT2D eigenvalue weighted by molar-refractivity contribution is 0.459. The van der Waals surface area contributed by atoms with E-state index in [2.05, 4.69) is 10.3 Å². The van der Waals surface area contributed by atoms with Gasteiger partial charge in [-0.15, -0.1) is 0 Å². The van der Waals surface area contributed by atoms with Crippen LogP contribution in [0.15, 0.2) is 36.5 Å². The van der Waals surface area contributed by atoms with Gasteiger partial charge in [0.2, 0.25) is 5.95 Å². The summed E-state index contributed by atoms with van der Waals surface area (Å²) in [7, 11) is 0. The van der Waals surface area contributed by atoms with Gasteiger partial charge in [0.25, 0.3) is 0 Å². The molecule has 0 amide bonds. The van der Waals surface area contributed by atoms with Crippen molar-refractivity contribution in [2.45, 2.75) is 13.0 Å². The summed E-state index contributed by atoms with van der Waals surface area (Å²) < 4.78 is 25.5. The van der Waals surface area contributed by atoms with Crippen molar-refractivity contribution in [3.63, 3.8) is 0 Å². The second-order valence-electron chi connectivity index (χ2n) is 3.94. The molecule has 0 spiro atoms. The number of nitrogens with zero attached hydrogens (tertiary/aromatic N) is 1. The van der Waals surface area contributed by atoms with Gasteiger partial charge >= 0.3 is 0 Å². The summed E-state index contributed by atoms with van der Waals surface area (Å²) in [4.78, 5) is 3.51. The molecule has 1 heterocycles. The quantitative estimate of drug-likeness (QED) is 0.822. The first-order valence-electron chi connectivity index (χ1n) is 5.43. The summed E-state index contributed by atoms with van der Waals surface area (Å²) in [5.74, 6) is -1.17. The molecule has 1 atom stereocenters. The minimum atomic E-state index is -0.558. The number of hydrogen-bond acceptors (Lipinski definition) is 3. The average molecular weight is 250 g/mol. The van der Waals surface area contributed by atoms with Crippen LogP contribution in [0.2, 0.25) is 0 Å². The summed E-state index contributed by atoms with van der Waals surface area (Å²) >= 11 is 0. The standard InChI is InChI=1S/C13H12F2N2O/c1-8(11-4-2-9(14)6-12(11)18)17-10-3-5-13(15)16-7-10/h2-8,17-18H,1H3. The predicted octanol–water partition coefficient (Wildman–Crippen LogP) is 3.24. The van der Waals surface area contributed by atoms with E-state index in [1.54, 1.807) is 13.0 Å². The van der Waals surface area contributed by atoms with Crippen LogP contribution in [0.3, 0.4) is 0 Å². The van der Waals surface area contributed by atoms with Crippen molar-refractivity contribution in [1.82, 2.24) is 4.98 Å². The smallest absolute Gasteiger partial charge is 0.212 e. The number of hydrogen-bond donors (Lipinski definition) is 2. The molecule has 0 radical (unpaired) electrons. The molecule has 0 saturated carbocycles. The second-order valence-corrected chi connectivity index (χ2v) is 3.94. The number of anilines is 1. The normalized spacial score (nSPS) is 12.2. The monoisotopic (exact) mass is 250 g/mol. The van der Waals surface area contributed by atoms with E-state index < -0.39 is 11.8 Å². The van der Waals surface area contributed by atoms with Crippen LogP contribution in [0.5, 0.6) is 5.75 Å². The van der Waals surface area contributed by atoms with Gasteiger partial charge in [-0.1, -0.05) is 6.07 Å². The fraction of sp³-hybridized carbons (Fsp3) is 0.154. The maximum absolute atomic E-state index is 12.9. The van der Waals surface area contributed by atoms with E-state index in [0.717, 1.165) is 6.07 Å². The molecule has 0 aliphatic rings. The molecule has 0 aliphatic heterocycles. The van der Waals surface area contributed by atoms with Crippen LogP contribution in [0.4, 0.5) is 14.5 Å². The third-order valence-corrected chi connectivity index (χ3v) is 2.57. The molecule has 2 N–H and O–H groups in total. The number of aromatic nitrogens is 1. The summed E-state index contributed by atoms with van der Waals surface area (Å²) in [5, 5.41) is 12.7. The Morgan fingerprint density at radius 2 is 2.00 bits per heavy atom. The minimum absolute atomic E-state index is 0.120. The van der Waals surface area contributed by atoms with Gasteiger partial charge < -0.3 is 10.4 Å². The van der Waals surface area contributed by atoms with Crippen LogP contribution in [-0.4, -0.2) is 10.1 Å². The van der Waals surface area contributed by atoms with Crippen molar-refractivity contribution in [2.75, 3.05) is 5.32 Å². The number of rotatable bonds is 3. The molecule has 2 aromatic rings. The molecule has 3 nitrogen and oxygen atoms in total. The third-order valence-electron chi connectivity index (χ3n) is 2.57. The van der Waals surface area contributed by atoms with Gasteiger partial charge in [-0.3, -0.25) is 0 Å². The minimum Gasteiger partial charge on any atom is -0.507 e. The lowest BCUT2D eigenvalue weighted by atomic mass is 10.1. The highest BCUT2D eigenvalue weighted by molar-refractivity contribution is 5.45. The van der Waals surface area contributed by atoms with E-state index in [0.29, 0.717) is 11.3 Å². The molecule has 0 fully saturated rings. The Kier molecular flexibility index (Phi) is 3.41. The maximum atomic E-state index is 12.9. The van der Waals surface area contributed by atoms with E-state index in [1.807, 2.05) is 0 Å². The van der Waals surface area contributed by atoms with E-state index in [4.69, 9.17) is 0 Å². The van der Waals surface area contributed by atoms with Crippen LogP contribution in [-0.2, 0) is 0 Å². The zero-order valence-electron chi connectivity index (χ0n) is 9.69. The van der Waals surface area contributed by atoms with Gasteiger partial charge in [0, 0.05) is 11.6 Å². The summed E-state index contributed by atoms with van der Waals surface area (Å²) in [6.45, 7) is 1.80. The first kappa shape index (κ1) is 12.3. The summed E-state index contributed by atoms with van der Waals surface area (Å²) in [6.07, 6.45) is 1.35. The lowest BCUT2D eigenvalue weighted by Crippen LogP contribution is -2.07. The number of benzene rings is 1. The molecule has 2 rings (SSSR count). The van der Waals surface area contributed by atoms with Crippen LogP contribution in [0, 0.1) is 11.8 Å². The highest BCUT2D eigenvalue weighted by atomic mass is 19.1. The number of nitrogens with one attached hydrogen (secondary N) is 1. The summed E-state index contributed by atoms with van der Waals surface area (Å²) in [6, 6.07) is 6.35. The fourth-order valence-electron chi connectivity index (χ4n) is 1.67. The van der Waals surface area contributed by atoms with Crippen molar-refractivity contribution >= 4 is 5.69 Å². The van der Waals surface area contributed by atoms with Crippen molar-refractivity contribution in [2.24, 2.45) is 0 Å². The van der Waals surface area contributed by atoms with Gasteiger partial charge in [0.1, 0.15) is 11.6 Å². The van der Waals surface area contributed by atoms with E-state index in [1.165, 1.54) is 24.4 Å². The van der Waals surface area contributed by atoms with Gasteiger partial charge in [0.05, 0.1) is 17.9 Å². The molecule has 0 saturated heterocycles. The van der Waals surface area contributed by atoms with Crippen molar-refractivity contribution in [3.05, 3.63) is 53.9 Å². The molecule has 1 unspecified atom stereocenters. The van der Waals surface area contributed by atoms with Gasteiger partial charge in [0.15, 0.2) is 0 Å². The Morgan fingerprint density at radius 3 is 2.61 bits per heavy atom.